The molecule has 4 aliphatic carbocycles. The maximum Gasteiger partial charge on any atom is 0.136 e. The van der Waals surface area contributed by atoms with Crippen LogP contribution in [0.1, 0.15) is 72.6 Å². The van der Waals surface area contributed by atoms with E-state index in [1.165, 1.54) is 12.0 Å². The zero-order valence-corrected chi connectivity index (χ0v) is 18.0. The molecule has 4 aliphatic rings. The fraction of sp³-hybridized carbons (Fsp3) is 0.875. The van der Waals surface area contributed by atoms with E-state index in [0.717, 1.165) is 38.5 Å². The van der Waals surface area contributed by atoms with Gasteiger partial charge in [-0.05, 0) is 87.4 Å². The summed E-state index contributed by atoms with van der Waals surface area (Å²) in [6, 6.07) is 0. The molecule has 0 amide bonds. The van der Waals surface area contributed by atoms with Crippen LogP contribution in [-0.4, -0.2) is 40.9 Å². The maximum atomic E-state index is 12.7. The average Bonchev–Trinajstić information content (AvgIpc) is 2.93. The molecule has 2 N–H and O–H groups in total. The molecule has 1 unspecified atom stereocenters. The molecule has 0 spiro atoms. The Labute approximate surface area is 169 Å². The lowest BCUT2D eigenvalue weighted by molar-refractivity contribution is -0.133. The Kier molecular flexibility index (Phi) is 5.29. The molecule has 4 heteroatoms. The first-order valence-electron chi connectivity index (χ1n) is 11.3. The van der Waals surface area contributed by atoms with E-state index in [9.17, 15) is 15.0 Å². The van der Waals surface area contributed by atoms with Crippen molar-refractivity contribution in [2.75, 3.05) is 6.61 Å². The maximum absolute atomic E-state index is 12.7. The molecule has 0 aromatic heterocycles. The van der Waals surface area contributed by atoms with Crippen LogP contribution in [0.5, 0.6) is 0 Å². The minimum Gasteiger partial charge on any atom is -0.393 e. The second-order valence-electron chi connectivity index (χ2n) is 10.7. The summed E-state index contributed by atoms with van der Waals surface area (Å²) >= 11 is 0. The summed E-state index contributed by atoms with van der Waals surface area (Å²) < 4.78 is 6.10. The van der Waals surface area contributed by atoms with E-state index in [1.54, 1.807) is 13.8 Å². The van der Waals surface area contributed by atoms with E-state index >= 15 is 0 Å². The van der Waals surface area contributed by atoms with Gasteiger partial charge >= 0.3 is 0 Å². The molecule has 0 aliphatic heterocycles. The summed E-state index contributed by atoms with van der Waals surface area (Å²) in [6.07, 6.45) is 8.83. The molecule has 9 atom stereocenters. The first-order valence-corrected chi connectivity index (χ1v) is 11.3. The van der Waals surface area contributed by atoms with Gasteiger partial charge in [-0.2, -0.15) is 0 Å². The van der Waals surface area contributed by atoms with Crippen molar-refractivity contribution in [1.82, 2.24) is 0 Å². The van der Waals surface area contributed by atoms with E-state index in [4.69, 9.17) is 4.74 Å². The second-order valence-corrected chi connectivity index (χ2v) is 10.7. The van der Waals surface area contributed by atoms with Crippen LogP contribution >= 0.6 is 0 Å². The lowest BCUT2D eigenvalue weighted by Crippen LogP contribution is -2.51. The zero-order chi connectivity index (χ0) is 20.3. The van der Waals surface area contributed by atoms with E-state index < -0.39 is 6.10 Å². The van der Waals surface area contributed by atoms with Crippen LogP contribution < -0.4 is 0 Å². The molecule has 158 valence electrons. The predicted octanol–water partition coefficient (Wildman–Crippen LogP) is 3.89. The van der Waals surface area contributed by atoms with Gasteiger partial charge in [0.1, 0.15) is 5.78 Å². The van der Waals surface area contributed by atoms with Gasteiger partial charge in [-0.25, -0.2) is 0 Å². The number of hydrogen-bond acceptors (Lipinski definition) is 4. The number of aliphatic hydroxyl groups excluding tert-OH is 2. The van der Waals surface area contributed by atoms with Crippen molar-refractivity contribution < 1.29 is 19.7 Å². The Hall–Kier alpha value is -0.710. The van der Waals surface area contributed by atoms with Crippen molar-refractivity contribution >= 4 is 5.78 Å². The highest BCUT2D eigenvalue weighted by Crippen LogP contribution is 2.66. The largest absolute Gasteiger partial charge is 0.393 e. The number of ketones is 1. The highest BCUT2D eigenvalue weighted by atomic mass is 16.5. The Morgan fingerprint density at radius 2 is 2.04 bits per heavy atom. The summed E-state index contributed by atoms with van der Waals surface area (Å²) in [5.41, 5.74) is 1.71. The summed E-state index contributed by atoms with van der Waals surface area (Å²) in [4.78, 5) is 12.7. The molecule has 0 aromatic rings. The van der Waals surface area contributed by atoms with Gasteiger partial charge in [-0.15, -0.1) is 0 Å². The van der Waals surface area contributed by atoms with Crippen LogP contribution in [0.3, 0.4) is 0 Å². The molecule has 3 saturated carbocycles. The molecule has 0 saturated heterocycles. The summed E-state index contributed by atoms with van der Waals surface area (Å²) in [5, 5.41) is 19.9. The molecule has 3 fully saturated rings. The normalized spacial score (nSPS) is 48.9. The van der Waals surface area contributed by atoms with Gasteiger partial charge in [0.05, 0.1) is 24.9 Å². The quantitative estimate of drug-likeness (QED) is 0.715. The zero-order valence-electron chi connectivity index (χ0n) is 18.0. The van der Waals surface area contributed by atoms with Crippen molar-refractivity contribution in [2.24, 2.45) is 34.5 Å². The summed E-state index contributed by atoms with van der Waals surface area (Å²) in [7, 11) is 0. The number of allylic oxidation sites excluding steroid dienone is 1. The number of hydrogen-bond donors (Lipinski definition) is 2. The lowest BCUT2D eigenvalue weighted by Gasteiger charge is -2.57. The Morgan fingerprint density at radius 3 is 2.71 bits per heavy atom. The van der Waals surface area contributed by atoms with Crippen molar-refractivity contribution in [2.45, 2.75) is 91.0 Å². The highest BCUT2D eigenvalue weighted by molar-refractivity contribution is 5.80. The third-order valence-corrected chi connectivity index (χ3v) is 9.07. The van der Waals surface area contributed by atoms with Gasteiger partial charge in [0.15, 0.2) is 0 Å². The van der Waals surface area contributed by atoms with Gasteiger partial charge in [-0.1, -0.05) is 25.5 Å². The molecule has 0 heterocycles. The van der Waals surface area contributed by atoms with Crippen LogP contribution in [0, 0.1) is 34.5 Å². The molecule has 0 radical (unpaired) electrons. The van der Waals surface area contributed by atoms with Crippen LogP contribution in [0.4, 0.5) is 0 Å². The molecule has 0 aromatic carbocycles. The number of carbonyl (C=O) groups is 1. The highest BCUT2D eigenvalue weighted by Gasteiger charge is 2.62. The van der Waals surface area contributed by atoms with Crippen molar-refractivity contribution in [3.63, 3.8) is 0 Å². The predicted molar refractivity (Wildman–Crippen MR) is 109 cm³/mol. The number of aliphatic hydroxyl groups is 2. The van der Waals surface area contributed by atoms with Gasteiger partial charge in [-0.3, -0.25) is 4.79 Å². The van der Waals surface area contributed by atoms with Gasteiger partial charge < -0.3 is 14.9 Å². The Bertz CT molecular complexity index is 655. The molecule has 0 bridgehead atoms. The third-order valence-electron chi connectivity index (χ3n) is 9.07. The van der Waals surface area contributed by atoms with Crippen LogP contribution in [0.15, 0.2) is 11.6 Å². The van der Waals surface area contributed by atoms with Crippen molar-refractivity contribution in [3.05, 3.63) is 11.6 Å². The van der Waals surface area contributed by atoms with Crippen molar-refractivity contribution in [3.8, 4) is 0 Å². The number of fused-ring (bicyclic) bond motifs is 5. The number of ether oxygens (including phenoxy) is 1. The molecule has 4 rings (SSSR count). The van der Waals surface area contributed by atoms with Crippen LogP contribution in [0.2, 0.25) is 0 Å². The van der Waals surface area contributed by atoms with Crippen molar-refractivity contribution in [1.29, 1.82) is 0 Å². The van der Waals surface area contributed by atoms with Gasteiger partial charge in [0.25, 0.3) is 0 Å². The minimum atomic E-state index is -0.497. The summed E-state index contributed by atoms with van der Waals surface area (Å²) in [6.45, 7) is 8.55. The molecular weight excluding hydrogens is 352 g/mol. The minimum absolute atomic E-state index is 0.00619. The lowest BCUT2D eigenvalue weighted by atomic mass is 9.47. The van der Waals surface area contributed by atoms with Crippen LogP contribution in [-0.2, 0) is 9.53 Å². The third kappa shape index (κ3) is 3.11. The first-order chi connectivity index (χ1) is 13.2. The average molecular weight is 391 g/mol. The Balaban J connectivity index is 1.63. The first kappa shape index (κ1) is 20.6. The number of carbonyl (C=O) groups excluding carboxylic acids is 1. The topological polar surface area (TPSA) is 66.8 Å². The monoisotopic (exact) mass is 390 g/mol. The molecule has 28 heavy (non-hydrogen) atoms. The Morgan fingerprint density at radius 1 is 1.29 bits per heavy atom. The van der Waals surface area contributed by atoms with E-state index in [-0.39, 0.29) is 34.7 Å². The molecular formula is C24H38O4. The summed E-state index contributed by atoms with van der Waals surface area (Å²) in [5.74, 6) is 1.95. The van der Waals surface area contributed by atoms with Gasteiger partial charge in [0.2, 0.25) is 0 Å². The smallest absolute Gasteiger partial charge is 0.136 e. The molecule has 4 nitrogen and oxygen atoms in total. The van der Waals surface area contributed by atoms with E-state index in [0.29, 0.717) is 24.4 Å². The van der Waals surface area contributed by atoms with E-state index in [2.05, 4.69) is 19.9 Å². The second kappa shape index (κ2) is 7.21. The fourth-order valence-corrected chi connectivity index (χ4v) is 7.78. The van der Waals surface area contributed by atoms with Crippen LogP contribution in [0.25, 0.3) is 0 Å². The number of rotatable bonds is 4. The standard InChI is InChI=1S/C24H38O4/c1-14(25)13-28-21-12-20-18-6-5-16-11-17(27)7-9-23(16,3)19(18)8-10-24(20,4)22(21)15(2)26/h5,14,17-22,25,27H,6-13H2,1-4H3/t14?,17-,18+,19-,20-,21+,22-,23-,24-/m0/s1. The number of Topliss-reactive ketones (excluding diaryl/α,β-unsaturated/α-hetero) is 1. The SMILES string of the molecule is CC(=O)[C@H]1[C@H](OCC(C)O)C[C@H]2[C@@H]3CC=C4C[C@@H](O)CC[C@]4(C)[C@H]3CC[C@@]21C. The van der Waals surface area contributed by atoms with Gasteiger partial charge in [0, 0.05) is 5.92 Å². The fourth-order valence-electron chi connectivity index (χ4n) is 7.78. The van der Waals surface area contributed by atoms with E-state index in [1.807, 2.05) is 0 Å².